The van der Waals surface area contributed by atoms with Crippen LogP contribution in [0, 0.1) is 17.6 Å². The Bertz CT molecular complexity index is 372. The van der Waals surface area contributed by atoms with E-state index in [2.05, 4.69) is 0 Å². The van der Waals surface area contributed by atoms with Gasteiger partial charge in [0.25, 0.3) is 0 Å². The molecule has 1 aromatic rings. The van der Waals surface area contributed by atoms with E-state index in [1.165, 1.54) is 19.2 Å². The summed E-state index contributed by atoms with van der Waals surface area (Å²) in [5.41, 5.74) is 5.70. The maximum absolute atomic E-state index is 13.8. The maximum atomic E-state index is 13.8. The molecule has 0 aliphatic rings. The first-order valence-corrected chi connectivity index (χ1v) is 5.24. The number of rotatable bonds is 4. The van der Waals surface area contributed by atoms with Crippen molar-refractivity contribution < 1.29 is 13.5 Å². The van der Waals surface area contributed by atoms with Crippen LogP contribution < -0.4 is 10.5 Å². The second kappa shape index (κ2) is 6.77. The van der Waals surface area contributed by atoms with Gasteiger partial charge >= 0.3 is 0 Å². The van der Waals surface area contributed by atoms with Crippen molar-refractivity contribution in [2.75, 3.05) is 7.11 Å². The molecule has 0 aliphatic heterocycles. The SMILES string of the molecule is COc1ccc(F)c([C@@H](N)CC(C)C)c1F.Cl. The Morgan fingerprint density at radius 3 is 2.35 bits per heavy atom. The van der Waals surface area contributed by atoms with E-state index in [1.54, 1.807) is 0 Å². The number of ether oxygens (including phenoxy) is 1. The normalized spacial score (nSPS) is 12.2. The standard InChI is InChI=1S/C12H17F2NO.ClH/c1-7(2)6-9(15)11-8(13)4-5-10(16-3)12(11)14;/h4-5,7,9H,6,15H2,1-3H3;1H/t9-;/m0./s1. The zero-order chi connectivity index (χ0) is 12.3. The lowest BCUT2D eigenvalue weighted by atomic mass is 9.97. The molecule has 0 spiro atoms. The molecule has 1 rings (SSSR count). The molecule has 0 bridgehead atoms. The molecule has 1 atom stereocenters. The van der Waals surface area contributed by atoms with E-state index in [0.29, 0.717) is 6.42 Å². The van der Waals surface area contributed by atoms with E-state index in [-0.39, 0.29) is 29.6 Å². The van der Waals surface area contributed by atoms with Crippen molar-refractivity contribution in [3.63, 3.8) is 0 Å². The molecule has 0 fully saturated rings. The molecule has 1 aromatic carbocycles. The van der Waals surface area contributed by atoms with Gasteiger partial charge in [-0.05, 0) is 24.5 Å². The predicted molar refractivity (Wildman–Crippen MR) is 66.5 cm³/mol. The van der Waals surface area contributed by atoms with Crippen LogP contribution in [0.1, 0.15) is 31.9 Å². The van der Waals surface area contributed by atoms with Gasteiger partial charge in [0.2, 0.25) is 0 Å². The molecular formula is C12H18ClF2NO. The Hall–Kier alpha value is -0.870. The van der Waals surface area contributed by atoms with Gasteiger partial charge in [-0.15, -0.1) is 12.4 Å². The Labute approximate surface area is 107 Å². The third-order valence-electron chi connectivity index (χ3n) is 2.41. The molecule has 98 valence electrons. The molecule has 0 heterocycles. The molecule has 0 radical (unpaired) electrons. The van der Waals surface area contributed by atoms with Gasteiger partial charge in [0.05, 0.1) is 7.11 Å². The van der Waals surface area contributed by atoms with E-state index in [0.717, 1.165) is 0 Å². The van der Waals surface area contributed by atoms with E-state index >= 15 is 0 Å². The topological polar surface area (TPSA) is 35.2 Å². The van der Waals surface area contributed by atoms with Gasteiger partial charge in [0.15, 0.2) is 11.6 Å². The third kappa shape index (κ3) is 3.82. The summed E-state index contributed by atoms with van der Waals surface area (Å²) < 4.78 is 32.1. The smallest absolute Gasteiger partial charge is 0.172 e. The first-order valence-electron chi connectivity index (χ1n) is 5.24. The van der Waals surface area contributed by atoms with Crippen LogP contribution in [-0.2, 0) is 0 Å². The van der Waals surface area contributed by atoms with Crippen LogP contribution in [0.25, 0.3) is 0 Å². The molecule has 2 nitrogen and oxygen atoms in total. The number of hydrogen-bond donors (Lipinski definition) is 1. The van der Waals surface area contributed by atoms with Crippen molar-refractivity contribution in [3.05, 3.63) is 29.3 Å². The van der Waals surface area contributed by atoms with Gasteiger partial charge in [-0.1, -0.05) is 13.8 Å². The monoisotopic (exact) mass is 265 g/mol. The summed E-state index contributed by atoms with van der Waals surface area (Å²) in [4.78, 5) is 0. The fourth-order valence-corrected chi connectivity index (χ4v) is 1.67. The highest BCUT2D eigenvalue weighted by atomic mass is 35.5. The summed E-state index contributed by atoms with van der Waals surface area (Å²) in [5, 5.41) is 0. The summed E-state index contributed by atoms with van der Waals surface area (Å²) in [5.74, 6) is -1.02. The summed E-state index contributed by atoms with van der Waals surface area (Å²) >= 11 is 0. The van der Waals surface area contributed by atoms with Crippen LogP contribution in [0.3, 0.4) is 0 Å². The Morgan fingerprint density at radius 1 is 1.29 bits per heavy atom. The van der Waals surface area contributed by atoms with Crippen LogP contribution in [0.2, 0.25) is 0 Å². The highest BCUT2D eigenvalue weighted by Crippen LogP contribution is 2.29. The second-order valence-corrected chi connectivity index (χ2v) is 4.21. The zero-order valence-electron chi connectivity index (χ0n) is 10.2. The van der Waals surface area contributed by atoms with Gasteiger partial charge in [-0.25, -0.2) is 8.78 Å². The number of halogens is 3. The number of benzene rings is 1. The van der Waals surface area contributed by atoms with Crippen molar-refractivity contribution >= 4 is 12.4 Å². The third-order valence-corrected chi connectivity index (χ3v) is 2.41. The summed E-state index contributed by atoms with van der Waals surface area (Å²) in [6.07, 6.45) is 0.529. The molecule has 17 heavy (non-hydrogen) atoms. The highest BCUT2D eigenvalue weighted by Gasteiger charge is 2.20. The van der Waals surface area contributed by atoms with Crippen molar-refractivity contribution in [1.82, 2.24) is 0 Å². The van der Waals surface area contributed by atoms with Crippen molar-refractivity contribution in [3.8, 4) is 5.75 Å². The minimum Gasteiger partial charge on any atom is -0.494 e. The maximum Gasteiger partial charge on any atom is 0.172 e. The van der Waals surface area contributed by atoms with Crippen molar-refractivity contribution in [1.29, 1.82) is 0 Å². The number of nitrogens with two attached hydrogens (primary N) is 1. The Kier molecular flexibility index (Phi) is 6.42. The van der Waals surface area contributed by atoms with E-state index in [9.17, 15) is 8.78 Å². The quantitative estimate of drug-likeness (QED) is 0.905. The lowest BCUT2D eigenvalue weighted by Crippen LogP contribution is -2.16. The molecule has 0 saturated carbocycles. The Balaban J connectivity index is 0.00000256. The molecule has 0 saturated heterocycles. The molecule has 0 aliphatic carbocycles. The van der Waals surface area contributed by atoms with Crippen LogP contribution >= 0.6 is 12.4 Å². The number of methoxy groups -OCH3 is 1. The van der Waals surface area contributed by atoms with Gasteiger partial charge in [-0.3, -0.25) is 0 Å². The van der Waals surface area contributed by atoms with Crippen molar-refractivity contribution in [2.45, 2.75) is 26.3 Å². The summed E-state index contributed by atoms with van der Waals surface area (Å²) in [6, 6.07) is 1.79. The molecule has 0 unspecified atom stereocenters. The second-order valence-electron chi connectivity index (χ2n) is 4.21. The fraction of sp³-hybridized carbons (Fsp3) is 0.500. The minimum absolute atomic E-state index is 0. The van der Waals surface area contributed by atoms with Crippen LogP contribution in [-0.4, -0.2) is 7.11 Å². The molecule has 0 amide bonds. The largest absolute Gasteiger partial charge is 0.494 e. The molecule has 2 N–H and O–H groups in total. The lowest BCUT2D eigenvalue weighted by molar-refractivity contribution is 0.374. The molecule has 0 aromatic heterocycles. The zero-order valence-corrected chi connectivity index (χ0v) is 11.0. The van der Waals surface area contributed by atoms with Gasteiger partial charge in [0, 0.05) is 11.6 Å². The van der Waals surface area contributed by atoms with Crippen molar-refractivity contribution in [2.24, 2.45) is 11.7 Å². The fourth-order valence-electron chi connectivity index (χ4n) is 1.67. The average Bonchev–Trinajstić information content (AvgIpc) is 2.16. The van der Waals surface area contributed by atoms with Gasteiger partial charge in [0.1, 0.15) is 5.82 Å². The van der Waals surface area contributed by atoms with Gasteiger partial charge in [-0.2, -0.15) is 0 Å². The summed E-state index contributed by atoms with van der Waals surface area (Å²) in [7, 11) is 1.34. The predicted octanol–water partition coefficient (Wildman–Crippen LogP) is 3.44. The summed E-state index contributed by atoms with van der Waals surface area (Å²) in [6.45, 7) is 3.91. The minimum atomic E-state index is -0.698. The Morgan fingerprint density at radius 2 is 1.88 bits per heavy atom. The van der Waals surface area contributed by atoms with Crippen LogP contribution in [0.5, 0.6) is 5.75 Å². The van der Waals surface area contributed by atoms with E-state index < -0.39 is 17.7 Å². The van der Waals surface area contributed by atoms with Crippen LogP contribution in [0.15, 0.2) is 12.1 Å². The first kappa shape index (κ1) is 16.1. The van der Waals surface area contributed by atoms with E-state index in [1.807, 2.05) is 13.8 Å². The highest BCUT2D eigenvalue weighted by molar-refractivity contribution is 5.85. The lowest BCUT2D eigenvalue weighted by Gasteiger charge is -2.17. The van der Waals surface area contributed by atoms with Crippen LogP contribution in [0.4, 0.5) is 8.78 Å². The average molecular weight is 266 g/mol. The van der Waals surface area contributed by atoms with E-state index in [4.69, 9.17) is 10.5 Å². The molecular weight excluding hydrogens is 248 g/mol. The van der Waals surface area contributed by atoms with Gasteiger partial charge < -0.3 is 10.5 Å². The number of hydrogen-bond acceptors (Lipinski definition) is 2. The first-order chi connectivity index (χ1) is 7.47. The molecule has 5 heteroatoms.